The summed E-state index contributed by atoms with van der Waals surface area (Å²) >= 11 is -2.13. The van der Waals surface area contributed by atoms with Crippen molar-refractivity contribution in [2.24, 2.45) is 0 Å². The van der Waals surface area contributed by atoms with Crippen LogP contribution in [0.1, 0.15) is 41.5 Å². The second-order valence-electron chi connectivity index (χ2n) is 6.16. The molecule has 0 radical (unpaired) electrons. The summed E-state index contributed by atoms with van der Waals surface area (Å²) in [6.45, 7) is 16.9. The van der Waals surface area contributed by atoms with Crippen molar-refractivity contribution in [2.75, 3.05) is 0 Å². The van der Waals surface area contributed by atoms with Crippen LogP contribution in [0.2, 0.25) is 13.1 Å². The zero-order valence-electron chi connectivity index (χ0n) is 12.0. The Morgan fingerprint density at radius 3 is 1.41 bits per heavy atom. The third-order valence-electron chi connectivity index (χ3n) is 1.16. The van der Waals surface area contributed by atoms with Gasteiger partial charge in [-0.25, -0.2) is 0 Å². The fourth-order valence-corrected chi connectivity index (χ4v) is 4.74. The van der Waals surface area contributed by atoms with Gasteiger partial charge in [-0.3, -0.25) is 0 Å². The summed E-state index contributed by atoms with van der Waals surface area (Å²) < 4.78 is 5.97. The molecule has 0 bridgehead atoms. The number of hydrogen-bond donors (Lipinski definition) is 0. The molecule has 0 heterocycles. The van der Waals surface area contributed by atoms with Crippen LogP contribution in [0.5, 0.6) is 0 Å². The van der Waals surface area contributed by atoms with Crippen LogP contribution in [0.25, 0.3) is 4.98 Å². The summed E-state index contributed by atoms with van der Waals surface area (Å²) in [6.07, 6.45) is 0. The van der Waals surface area contributed by atoms with Crippen LogP contribution in [0.3, 0.4) is 0 Å². The first-order chi connectivity index (χ1) is 7.15. The Morgan fingerprint density at radius 1 is 0.941 bits per heavy atom. The van der Waals surface area contributed by atoms with Gasteiger partial charge in [0, 0.05) is 5.60 Å². The van der Waals surface area contributed by atoms with E-state index in [1.54, 1.807) is 0 Å². The molecule has 0 amide bonds. The predicted octanol–water partition coefficient (Wildman–Crippen LogP) is 5.74. The second kappa shape index (κ2) is 8.24. The second-order valence-corrected chi connectivity index (χ2v) is 20.7. The van der Waals surface area contributed by atoms with Crippen molar-refractivity contribution in [3.8, 4) is 0 Å². The van der Waals surface area contributed by atoms with Crippen molar-refractivity contribution in [2.45, 2.75) is 65.8 Å². The SMILES string of the molecule is CC(C)(C)[N-][Si](C)(C)OC(C)(C)C.[Cl][Zr]([Cl])[Cl]. The summed E-state index contributed by atoms with van der Waals surface area (Å²) in [4.78, 5) is 4.74. The number of hydrogen-bond acceptors (Lipinski definition) is 1. The van der Waals surface area contributed by atoms with E-state index in [0.29, 0.717) is 0 Å². The summed E-state index contributed by atoms with van der Waals surface area (Å²) in [7, 11) is 13.2. The number of halogens is 3. The van der Waals surface area contributed by atoms with Crippen LogP contribution in [0, 0.1) is 0 Å². The molecule has 0 aliphatic carbocycles. The van der Waals surface area contributed by atoms with Crippen LogP contribution in [0.15, 0.2) is 0 Å². The van der Waals surface area contributed by atoms with E-state index < -0.39 is 26.6 Å². The Bertz CT molecular complexity index is 194. The van der Waals surface area contributed by atoms with E-state index in [4.69, 9.17) is 34.9 Å². The molecule has 0 aromatic rings. The normalized spacial score (nSPS) is 12.9. The van der Waals surface area contributed by atoms with Gasteiger partial charge in [-0.05, 0) is 20.8 Å². The third kappa shape index (κ3) is 23.4. The molecule has 0 atom stereocenters. The van der Waals surface area contributed by atoms with Gasteiger partial charge in [-0.15, -0.1) is 5.54 Å². The average molecular weight is 400 g/mol. The Labute approximate surface area is 126 Å². The van der Waals surface area contributed by atoms with Crippen LogP contribution >= 0.6 is 25.5 Å². The summed E-state index contributed by atoms with van der Waals surface area (Å²) in [6, 6.07) is 0. The first kappa shape index (κ1) is 21.2. The monoisotopic (exact) mass is 397 g/mol. The van der Waals surface area contributed by atoms with Gasteiger partial charge in [0.25, 0.3) is 0 Å². The van der Waals surface area contributed by atoms with Crippen LogP contribution in [0.4, 0.5) is 0 Å². The first-order valence-electron chi connectivity index (χ1n) is 5.42. The summed E-state index contributed by atoms with van der Waals surface area (Å²) in [5.41, 5.74) is -0.0640. The van der Waals surface area contributed by atoms with E-state index >= 15 is 0 Å². The molecule has 17 heavy (non-hydrogen) atoms. The molecule has 7 heteroatoms. The molecular formula is C10H24Cl3NOSiZr-. The fraction of sp³-hybridized carbons (Fsp3) is 1.00. The molecule has 0 N–H and O–H groups in total. The minimum atomic E-state index is -2.13. The molecule has 0 saturated carbocycles. The topological polar surface area (TPSA) is 23.3 Å². The first-order valence-corrected chi connectivity index (χ1v) is 17.8. The van der Waals surface area contributed by atoms with Crippen LogP contribution in [-0.2, 0) is 22.6 Å². The van der Waals surface area contributed by atoms with Gasteiger partial charge in [0.05, 0.1) is 8.48 Å². The Balaban J connectivity index is 0. The molecule has 0 aliphatic heterocycles. The van der Waals surface area contributed by atoms with Gasteiger partial charge in [0.15, 0.2) is 0 Å². The van der Waals surface area contributed by atoms with Gasteiger partial charge in [-0.1, -0.05) is 33.9 Å². The molecule has 0 aliphatic rings. The Kier molecular flexibility index (Phi) is 10.3. The average Bonchev–Trinajstić information content (AvgIpc) is 1.68. The number of rotatable bonds is 2. The van der Waals surface area contributed by atoms with E-state index in [2.05, 4.69) is 54.6 Å². The molecule has 0 unspecified atom stereocenters. The fourth-order valence-electron chi connectivity index (χ4n) is 1.58. The van der Waals surface area contributed by atoms with E-state index in [1.807, 2.05) is 0 Å². The minimum absolute atomic E-state index is 0.0149. The molecule has 0 fully saturated rings. The quantitative estimate of drug-likeness (QED) is 0.543. The van der Waals surface area contributed by atoms with E-state index in [9.17, 15) is 0 Å². The predicted molar refractivity (Wildman–Crippen MR) is 79.0 cm³/mol. The standard InChI is InChI=1S/C10H24NOSi.3ClH.Zr/c1-9(2,3)11-13(7,8)12-10(4,5)6;;;;/h1-8H3;3*1H;/q-1;;;;+3/p-3. The van der Waals surface area contributed by atoms with Crippen LogP contribution < -0.4 is 0 Å². The Hall–Kier alpha value is 1.89. The van der Waals surface area contributed by atoms with Gasteiger partial charge >= 0.3 is 43.7 Å². The van der Waals surface area contributed by atoms with Crippen molar-refractivity contribution in [1.29, 1.82) is 0 Å². The third-order valence-corrected chi connectivity index (χ3v) is 3.48. The van der Waals surface area contributed by atoms with E-state index in [0.717, 1.165) is 0 Å². The van der Waals surface area contributed by atoms with Gasteiger partial charge < -0.3 is 9.41 Å². The Morgan fingerprint density at radius 2 is 1.24 bits per heavy atom. The van der Waals surface area contributed by atoms with E-state index in [-0.39, 0.29) is 11.1 Å². The summed E-state index contributed by atoms with van der Waals surface area (Å²) in [5, 5.41) is 0. The molecule has 0 saturated heterocycles. The zero-order valence-corrected chi connectivity index (χ0v) is 17.7. The van der Waals surface area contributed by atoms with Crippen molar-refractivity contribution in [3.63, 3.8) is 0 Å². The van der Waals surface area contributed by atoms with Gasteiger partial charge in [0.2, 0.25) is 0 Å². The summed E-state index contributed by atoms with van der Waals surface area (Å²) in [5.74, 6) is 0. The molecule has 0 aromatic carbocycles. The van der Waals surface area contributed by atoms with Gasteiger partial charge in [0.1, 0.15) is 0 Å². The van der Waals surface area contributed by atoms with Crippen molar-refractivity contribution in [1.82, 2.24) is 0 Å². The van der Waals surface area contributed by atoms with Crippen LogP contribution in [-0.4, -0.2) is 19.6 Å². The molecule has 0 aromatic heterocycles. The molecule has 2 nitrogen and oxygen atoms in total. The van der Waals surface area contributed by atoms with Gasteiger partial charge in [-0.2, -0.15) is 0 Å². The van der Waals surface area contributed by atoms with Crippen molar-refractivity contribution >= 4 is 34.0 Å². The maximum atomic E-state index is 5.97. The zero-order chi connectivity index (χ0) is 14.5. The molecule has 105 valence electrons. The van der Waals surface area contributed by atoms with Crippen molar-refractivity contribution < 1.29 is 22.6 Å². The molecule has 0 spiro atoms. The number of nitrogens with zero attached hydrogens (tertiary/aromatic N) is 1. The van der Waals surface area contributed by atoms with Crippen molar-refractivity contribution in [3.05, 3.63) is 4.98 Å². The molecule has 0 rings (SSSR count). The van der Waals surface area contributed by atoms with E-state index in [1.165, 1.54) is 0 Å². The molecular weight excluding hydrogens is 376 g/mol. The maximum absolute atomic E-state index is 5.97.